The second-order valence-electron chi connectivity index (χ2n) is 5.71. The molecule has 0 aromatic heterocycles. The predicted molar refractivity (Wildman–Crippen MR) is 74.9 cm³/mol. The third kappa shape index (κ3) is 2.06. The van der Waals surface area contributed by atoms with Crippen molar-refractivity contribution in [2.45, 2.75) is 25.7 Å². The molecule has 6 heteroatoms. The van der Waals surface area contributed by atoms with Gasteiger partial charge in [0.05, 0.1) is 10.0 Å². The standard InChI is InChI=1S/C14H14Cl2FNO2/c15-8-6-9(19)10(11(16)12(8)17)13(20)18-5-4-14(7-18)2-1-3-14/h6,19H,1-5,7H2. The number of halogens is 3. The quantitative estimate of drug-likeness (QED) is 0.799. The van der Waals surface area contributed by atoms with Crippen molar-refractivity contribution in [3.05, 3.63) is 27.5 Å². The fourth-order valence-corrected chi connectivity index (χ4v) is 3.66. The van der Waals surface area contributed by atoms with Crippen molar-refractivity contribution in [1.82, 2.24) is 4.90 Å². The van der Waals surface area contributed by atoms with Crippen LogP contribution >= 0.6 is 23.2 Å². The lowest BCUT2D eigenvalue weighted by atomic mass is 9.68. The molecule has 1 aliphatic carbocycles. The predicted octanol–water partition coefficient (Wildman–Crippen LogP) is 3.85. The summed E-state index contributed by atoms with van der Waals surface area (Å²) >= 11 is 11.4. The Morgan fingerprint density at radius 2 is 2.05 bits per heavy atom. The van der Waals surface area contributed by atoms with Crippen molar-refractivity contribution >= 4 is 29.1 Å². The Hall–Kier alpha value is -1.000. The van der Waals surface area contributed by atoms with Gasteiger partial charge in [0.2, 0.25) is 0 Å². The van der Waals surface area contributed by atoms with Gasteiger partial charge in [-0.3, -0.25) is 4.79 Å². The van der Waals surface area contributed by atoms with Crippen molar-refractivity contribution in [2.75, 3.05) is 13.1 Å². The second-order valence-corrected chi connectivity index (χ2v) is 6.50. The first-order valence-corrected chi connectivity index (χ1v) is 7.35. The molecule has 20 heavy (non-hydrogen) atoms. The zero-order chi connectivity index (χ0) is 14.5. The zero-order valence-electron chi connectivity index (χ0n) is 10.8. The highest BCUT2D eigenvalue weighted by molar-refractivity contribution is 6.37. The first-order valence-electron chi connectivity index (χ1n) is 6.59. The number of likely N-dealkylation sites (tertiary alicyclic amines) is 1. The molecule has 1 N–H and O–H groups in total. The van der Waals surface area contributed by atoms with E-state index in [1.54, 1.807) is 4.90 Å². The highest BCUT2D eigenvalue weighted by Crippen LogP contribution is 2.48. The van der Waals surface area contributed by atoms with Crippen LogP contribution in [0, 0.1) is 11.2 Å². The van der Waals surface area contributed by atoms with Gasteiger partial charge in [0.25, 0.3) is 5.91 Å². The summed E-state index contributed by atoms with van der Waals surface area (Å²) in [6.45, 7) is 1.28. The third-order valence-corrected chi connectivity index (χ3v) is 5.13. The molecular weight excluding hydrogens is 304 g/mol. The van der Waals surface area contributed by atoms with Crippen LogP contribution in [-0.4, -0.2) is 29.0 Å². The molecule has 1 heterocycles. The van der Waals surface area contributed by atoms with Gasteiger partial charge < -0.3 is 10.0 Å². The lowest BCUT2D eigenvalue weighted by Crippen LogP contribution is -2.36. The van der Waals surface area contributed by atoms with Crippen molar-refractivity contribution in [2.24, 2.45) is 5.41 Å². The minimum absolute atomic E-state index is 0.190. The molecule has 1 spiro atoms. The summed E-state index contributed by atoms with van der Waals surface area (Å²) in [7, 11) is 0. The summed E-state index contributed by atoms with van der Waals surface area (Å²) in [4.78, 5) is 14.1. The second kappa shape index (κ2) is 4.78. The van der Waals surface area contributed by atoms with Gasteiger partial charge >= 0.3 is 0 Å². The average molecular weight is 318 g/mol. The molecule has 2 aliphatic rings. The Labute approximate surface area is 126 Å². The van der Waals surface area contributed by atoms with Gasteiger partial charge in [0, 0.05) is 19.2 Å². The molecule has 2 fully saturated rings. The van der Waals surface area contributed by atoms with Gasteiger partial charge in [0.1, 0.15) is 11.3 Å². The van der Waals surface area contributed by atoms with Crippen LogP contribution in [0.1, 0.15) is 36.0 Å². The van der Waals surface area contributed by atoms with Crippen LogP contribution in [0.25, 0.3) is 0 Å². The van der Waals surface area contributed by atoms with Crippen LogP contribution in [0.4, 0.5) is 4.39 Å². The smallest absolute Gasteiger partial charge is 0.259 e. The van der Waals surface area contributed by atoms with Gasteiger partial charge in [-0.05, 0) is 24.7 Å². The largest absolute Gasteiger partial charge is 0.507 e. The number of rotatable bonds is 1. The van der Waals surface area contributed by atoms with E-state index in [1.807, 2.05) is 0 Å². The molecule has 1 amide bonds. The average Bonchev–Trinajstić information content (AvgIpc) is 2.81. The Balaban J connectivity index is 1.90. The highest BCUT2D eigenvalue weighted by Gasteiger charge is 2.44. The lowest BCUT2D eigenvalue weighted by Gasteiger charge is -2.38. The number of phenolic OH excluding ortho intramolecular Hbond substituents is 1. The Kier molecular flexibility index (Phi) is 3.33. The molecule has 1 saturated carbocycles. The van der Waals surface area contributed by atoms with Crippen molar-refractivity contribution in [3.63, 3.8) is 0 Å². The van der Waals surface area contributed by atoms with Crippen LogP contribution in [0.15, 0.2) is 6.07 Å². The van der Waals surface area contributed by atoms with Crippen molar-refractivity contribution in [1.29, 1.82) is 0 Å². The van der Waals surface area contributed by atoms with E-state index in [1.165, 1.54) is 6.42 Å². The number of carbonyl (C=O) groups excluding carboxylic acids is 1. The van der Waals surface area contributed by atoms with Crippen LogP contribution in [0.3, 0.4) is 0 Å². The van der Waals surface area contributed by atoms with Crippen LogP contribution in [0.2, 0.25) is 10.0 Å². The lowest BCUT2D eigenvalue weighted by molar-refractivity contribution is 0.0729. The van der Waals surface area contributed by atoms with E-state index in [9.17, 15) is 14.3 Å². The Bertz CT molecular complexity index is 587. The number of carbonyl (C=O) groups is 1. The molecule has 3 nitrogen and oxygen atoms in total. The number of aromatic hydroxyl groups is 1. The maximum Gasteiger partial charge on any atom is 0.259 e. The molecule has 0 unspecified atom stereocenters. The maximum atomic E-state index is 13.7. The molecular formula is C14H14Cl2FNO2. The zero-order valence-corrected chi connectivity index (χ0v) is 12.3. The summed E-state index contributed by atoms with van der Waals surface area (Å²) in [5.74, 6) is -1.67. The molecule has 0 bridgehead atoms. The first-order chi connectivity index (χ1) is 9.43. The van der Waals surface area contributed by atoms with Gasteiger partial charge in [-0.2, -0.15) is 0 Å². The van der Waals surface area contributed by atoms with E-state index < -0.39 is 16.7 Å². The first kappa shape index (κ1) is 14.0. The Morgan fingerprint density at radius 3 is 2.60 bits per heavy atom. The molecule has 0 atom stereocenters. The summed E-state index contributed by atoms with van der Waals surface area (Å²) in [5.41, 5.74) is 0.0489. The van der Waals surface area contributed by atoms with E-state index in [2.05, 4.69) is 0 Å². The minimum Gasteiger partial charge on any atom is -0.507 e. The molecule has 3 rings (SSSR count). The van der Waals surface area contributed by atoms with Gasteiger partial charge in [-0.15, -0.1) is 0 Å². The number of hydrogen-bond donors (Lipinski definition) is 1. The van der Waals surface area contributed by atoms with E-state index in [4.69, 9.17) is 23.2 Å². The van der Waals surface area contributed by atoms with Gasteiger partial charge in [0.15, 0.2) is 5.82 Å². The Morgan fingerprint density at radius 1 is 1.35 bits per heavy atom. The summed E-state index contributed by atoms with van der Waals surface area (Å²) in [6.07, 6.45) is 4.42. The van der Waals surface area contributed by atoms with Crippen LogP contribution in [-0.2, 0) is 0 Å². The SMILES string of the molecule is O=C(c1c(O)cc(Cl)c(F)c1Cl)N1CCC2(CCC2)C1. The minimum atomic E-state index is -0.868. The summed E-state index contributed by atoms with van der Waals surface area (Å²) < 4.78 is 13.7. The summed E-state index contributed by atoms with van der Waals surface area (Å²) in [5, 5.41) is 9.15. The normalized spacial score (nSPS) is 20.2. The molecule has 1 saturated heterocycles. The van der Waals surface area contributed by atoms with E-state index in [0.717, 1.165) is 25.3 Å². The topological polar surface area (TPSA) is 40.5 Å². The van der Waals surface area contributed by atoms with E-state index in [-0.39, 0.29) is 21.8 Å². The molecule has 108 valence electrons. The van der Waals surface area contributed by atoms with Gasteiger partial charge in [-0.1, -0.05) is 29.6 Å². The molecule has 1 aromatic rings. The fraction of sp³-hybridized carbons (Fsp3) is 0.500. The number of amides is 1. The number of phenols is 1. The number of nitrogens with zero attached hydrogens (tertiary/aromatic N) is 1. The highest BCUT2D eigenvalue weighted by atomic mass is 35.5. The molecule has 0 radical (unpaired) electrons. The maximum absolute atomic E-state index is 13.7. The van der Waals surface area contributed by atoms with Gasteiger partial charge in [-0.25, -0.2) is 4.39 Å². The van der Waals surface area contributed by atoms with Crippen LogP contribution in [0.5, 0.6) is 5.75 Å². The van der Waals surface area contributed by atoms with Crippen LogP contribution < -0.4 is 0 Å². The van der Waals surface area contributed by atoms with Crippen molar-refractivity contribution < 1.29 is 14.3 Å². The fourth-order valence-electron chi connectivity index (χ4n) is 3.14. The van der Waals surface area contributed by atoms with E-state index >= 15 is 0 Å². The number of benzene rings is 1. The molecule has 1 aromatic carbocycles. The third-order valence-electron chi connectivity index (χ3n) is 4.50. The summed E-state index contributed by atoms with van der Waals surface area (Å²) in [6, 6.07) is 1.02. The van der Waals surface area contributed by atoms with E-state index in [0.29, 0.717) is 13.1 Å². The molecule has 1 aliphatic heterocycles. The van der Waals surface area contributed by atoms with Crippen molar-refractivity contribution in [3.8, 4) is 5.75 Å². The number of hydrogen-bond acceptors (Lipinski definition) is 2. The monoisotopic (exact) mass is 317 g/mol.